The minimum Gasteiger partial charge on any atom is -0.379 e. The molecule has 1 aromatic carbocycles. The van der Waals surface area contributed by atoms with Crippen LogP contribution in [0.1, 0.15) is 16.8 Å². The second-order valence-corrected chi connectivity index (χ2v) is 5.71. The van der Waals surface area contributed by atoms with E-state index in [2.05, 4.69) is 22.5 Å². The maximum absolute atomic E-state index is 12.1. The number of anilines is 1. The summed E-state index contributed by atoms with van der Waals surface area (Å²) in [4.78, 5) is 25.3. The number of amides is 2. The average Bonchev–Trinajstić information content (AvgIpc) is 2.54. The molecular formula is C16H21ClN3O3. The van der Waals surface area contributed by atoms with Gasteiger partial charge in [0.15, 0.2) is 0 Å². The fourth-order valence-corrected chi connectivity index (χ4v) is 2.57. The van der Waals surface area contributed by atoms with Gasteiger partial charge in [0.2, 0.25) is 5.91 Å². The minimum atomic E-state index is -0.452. The summed E-state index contributed by atoms with van der Waals surface area (Å²) in [5.74, 6) is -0.631. The highest BCUT2D eigenvalue weighted by Crippen LogP contribution is 2.22. The van der Waals surface area contributed by atoms with Crippen LogP contribution in [0, 0.1) is 6.92 Å². The quantitative estimate of drug-likeness (QED) is 0.772. The van der Waals surface area contributed by atoms with Crippen LogP contribution in [0.15, 0.2) is 18.2 Å². The fraction of sp³-hybridized carbons (Fsp3) is 0.438. The van der Waals surface area contributed by atoms with Crippen molar-refractivity contribution in [3.8, 4) is 0 Å². The SMILES string of the molecule is [CH2]C(=O)Nc1ccc(C(=O)NCCCN2CCOCC2)cc1Cl. The molecule has 7 heteroatoms. The van der Waals surface area contributed by atoms with Crippen molar-refractivity contribution in [2.24, 2.45) is 0 Å². The van der Waals surface area contributed by atoms with E-state index >= 15 is 0 Å². The molecule has 1 saturated heterocycles. The first kappa shape index (κ1) is 17.7. The molecule has 2 amide bonds. The molecule has 0 unspecified atom stereocenters. The first-order valence-electron chi connectivity index (χ1n) is 7.57. The lowest BCUT2D eigenvalue weighted by atomic mass is 10.2. The van der Waals surface area contributed by atoms with E-state index in [9.17, 15) is 9.59 Å². The van der Waals surface area contributed by atoms with Gasteiger partial charge >= 0.3 is 0 Å². The summed E-state index contributed by atoms with van der Waals surface area (Å²) in [5.41, 5.74) is 0.902. The zero-order chi connectivity index (χ0) is 16.7. The third-order valence-corrected chi connectivity index (χ3v) is 3.86. The molecule has 0 saturated carbocycles. The molecule has 0 aliphatic carbocycles. The van der Waals surface area contributed by atoms with Gasteiger partial charge in [0, 0.05) is 32.1 Å². The van der Waals surface area contributed by atoms with E-state index < -0.39 is 5.91 Å². The van der Waals surface area contributed by atoms with Crippen LogP contribution in [-0.2, 0) is 9.53 Å². The number of hydrogen-bond donors (Lipinski definition) is 2. The maximum atomic E-state index is 12.1. The summed E-state index contributed by atoms with van der Waals surface area (Å²) in [6, 6.07) is 4.74. The van der Waals surface area contributed by atoms with E-state index in [0.717, 1.165) is 39.3 Å². The number of ether oxygens (including phenoxy) is 1. The molecule has 1 radical (unpaired) electrons. The van der Waals surface area contributed by atoms with Crippen LogP contribution >= 0.6 is 11.6 Å². The third-order valence-electron chi connectivity index (χ3n) is 3.55. The second-order valence-electron chi connectivity index (χ2n) is 5.31. The van der Waals surface area contributed by atoms with Crippen molar-refractivity contribution in [1.82, 2.24) is 10.2 Å². The Kier molecular flexibility index (Phi) is 6.83. The van der Waals surface area contributed by atoms with Crippen molar-refractivity contribution >= 4 is 29.1 Å². The van der Waals surface area contributed by atoms with Gasteiger partial charge in [0.25, 0.3) is 5.91 Å². The smallest absolute Gasteiger partial charge is 0.251 e. The normalized spacial score (nSPS) is 15.2. The van der Waals surface area contributed by atoms with E-state index in [1.165, 1.54) is 6.07 Å². The summed E-state index contributed by atoms with van der Waals surface area (Å²) in [7, 11) is 0. The Labute approximate surface area is 141 Å². The zero-order valence-corrected chi connectivity index (χ0v) is 13.7. The van der Waals surface area contributed by atoms with Crippen LogP contribution in [0.5, 0.6) is 0 Å². The largest absolute Gasteiger partial charge is 0.379 e. The Morgan fingerprint density at radius 3 is 2.70 bits per heavy atom. The Bertz CT molecular complexity index is 560. The van der Waals surface area contributed by atoms with E-state index in [4.69, 9.17) is 16.3 Å². The first-order chi connectivity index (χ1) is 11.1. The number of benzene rings is 1. The lowest BCUT2D eigenvalue weighted by molar-refractivity contribution is -0.112. The molecule has 6 nitrogen and oxygen atoms in total. The average molecular weight is 339 g/mol. The summed E-state index contributed by atoms with van der Waals surface area (Å²) in [6.45, 7) is 8.22. The van der Waals surface area contributed by atoms with Crippen LogP contribution in [-0.4, -0.2) is 56.1 Å². The number of nitrogens with zero attached hydrogens (tertiary/aromatic N) is 1. The van der Waals surface area contributed by atoms with Crippen LogP contribution in [0.3, 0.4) is 0 Å². The number of morpholine rings is 1. The Morgan fingerprint density at radius 1 is 1.30 bits per heavy atom. The summed E-state index contributed by atoms with van der Waals surface area (Å²) < 4.78 is 5.29. The summed E-state index contributed by atoms with van der Waals surface area (Å²) >= 11 is 6.04. The number of carbonyl (C=O) groups excluding carboxylic acids is 2. The van der Waals surface area contributed by atoms with E-state index in [1.807, 2.05) is 0 Å². The van der Waals surface area contributed by atoms with Gasteiger partial charge in [-0.25, -0.2) is 0 Å². The molecule has 1 aliphatic heterocycles. The molecule has 125 valence electrons. The van der Waals surface area contributed by atoms with Crippen LogP contribution in [0.4, 0.5) is 5.69 Å². The number of carbonyl (C=O) groups is 2. The van der Waals surface area contributed by atoms with Crippen LogP contribution < -0.4 is 10.6 Å². The van der Waals surface area contributed by atoms with Crippen LogP contribution in [0.2, 0.25) is 5.02 Å². The maximum Gasteiger partial charge on any atom is 0.251 e. The standard InChI is InChI=1S/C16H21ClN3O3/c1-12(21)19-15-4-3-13(11-14(15)17)16(22)18-5-2-6-20-7-9-23-10-8-20/h3-4,11H,1-2,5-10H2,(H,18,22)(H,19,21). The van der Waals surface area contributed by atoms with Crippen molar-refractivity contribution in [3.63, 3.8) is 0 Å². The molecule has 2 rings (SSSR count). The Hall–Kier alpha value is -1.63. The predicted molar refractivity (Wildman–Crippen MR) is 89.6 cm³/mol. The minimum absolute atomic E-state index is 0.179. The van der Waals surface area contributed by atoms with E-state index in [0.29, 0.717) is 22.8 Å². The van der Waals surface area contributed by atoms with E-state index in [-0.39, 0.29) is 5.91 Å². The highest BCUT2D eigenvalue weighted by molar-refractivity contribution is 6.34. The lowest BCUT2D eigenvalue weighted by Crippen LogP contribution is -2.38. The number of nitrogens with one attached hydrogen (secondary N) is 2. The molecule has 0 spiro atoms. The lowest BCUT2D eigenvalue weighted by Gasteiger charge is -2.26. The van der Waals surface area contributed by atoms with Crippen molar-refractivity contribution in [3.05, 3.63) is 35.7 Å². The molecule has 0 bridgehead atoms. The predicted octanol–water partition coefficient (Wildman–Crippen LogP) is 1.56. The molecule has 2 N–H and O–H groups in total. The van der Waals surface area contributed by atoms with Crippen molar-refractivity contribution < 1.29 is 14.3 Å². The van der Waals surface area contributed by atoms with Gasteiger partial charge in [-0.3, -0.25) is 14.5 Å². The summed E-state index contributed by atoms with van der Waals surface area (Å²) in [5, 5.41) is 5.68. The van der Waals surface area contributed by atoms with Gasteiger partial charge < -0.3 is 15.4 Å². The van der Waals surface area contributed by atoms with Gasteiger partial charge in [-0.05, 0) is 31.2 Å². The van der Waals surface area contributed by atoms with Crippen LogP contribution in [0.25, 0.3) is 0 Å². The van der Waals surface area contributed by atoms with Gasteiger partial charge in [-0.15, -0.1) is 0 Å². The van der Waals surface area contributed by atoms with Gasteiger partial charge in [0.1, 0.15) is 0 Å². The van der Waals surface area contributed by atoms with Gasteiger partial charge in [-0.2, -0.15) is 0 Å². The number of hydrogen-bond acceptors (Lipinski definition) is 4. The highest BCUT2D eigenvalue weighted by Gasteiger charge is 2.11. The second kappa shape index (κ2) is 8.86. The number of halogens is 1. The summed E-state index contributed by atoms with van der Waals surface area (Å²) in [6.07, 6.45) is 0.884. The Balaban J connectivity index is 1.76. The molecule has 23 heavy (non-hydrogen) atoms. The van der Waals surface area contributed by atoms with Crippen molar-refractivity contribution in [2.45, 2.75) is 6.42 Å². The molecule has 1 aliphatic rings. The topological polar surface area (TPSA) is 70.7 Å². The zero-order valence-electron chi connectivity index (χ0n) is 12.9. The molecule has 0 aromatic heterocycles. The van der Waals surface area contributed by atoms with E-state index in [1.54, 1.807) is 12.1 Å². The molecule has 1 aromatic rings. The Morgan fingerprint density at radius 2 is 2.04 bits per heavy atom. The first-order valence-corrected chi connectivity index (χ1v) is 7.95. The van der Waals surface area contributed by atoms with Gasteiger partial charge in [-0.1, -0.05) is 11.6 Å². The highest BCUT2D eigenvalue weighted by atomic mass is 35.5. The fourth-order valence-electron chi connectivity index (χ4n) is 2.34. The monoisotopic (exact) mass is 338 g/mol. The molecule has 1 heterocycles. The third kappa shape index (κ3) is 5.82. The van der Waals surface area contributed by atoms with Crippen molar-refractivity contribution in [1.29, 1.82) is 0 Å². The molecular weight excluding hydrogens is 318 g/mol. The molecule has 1 fully saturated rings. The van der Waals surface area contributed by atoms with Gasteiger partial charge in [0.05, 0.1) is 23.9 Å². The van der Waals surface area contributed by atoms with Crippen molar-refractivity contribution in [2.75, 3.05) is 44.7 Å². The number of rotatable bonds is 6. The molecule has 0 atom stereocenters.